The summed E-state index contributed by atoms with van der Waals surface area (Å²) < 4.78 is 19.1. The molecule has 0 bridgehead atoms. The third kappa shape index (κ3) is 2.43. The smallest absolute Gasteiger partial charge is 0.456 e. The zero-order chi connectivity index (χ0) is 21.8. The van der Waals surface area contributed by atoms with Crippen molar-refractivity contribution in [1.29, 1.82) is 0 Å². The highest BCUT2D eigenvalue weighted by atomic mass is 16.7. The summed E-state index contributed by atoms with van der Waals surface area (Å²) in [6.45, 7) is 12.9. The van der Waals surface area contributed by atoms with Crippen LogP contribution >= 0.6 is 0 Å². The topological polar surface area (TPSA) is 31.6 Å². The molecule has 1 saturated heterocycles. The average Bonchev–Trinajstić information content (AvgIpc) is 3.27. The number of rotatable bonds is 1. The molecule has 1 aromatic heterocycles. The van der Waals surface area contributed by atoms with Crippen LogP contribution in [0.15, 0.2) is 59.0 Å². The number of hydrogen-bond donors (Lipinski definition) is 0. The van der Waals surface area contributed by atoms with Crippen molar-refractivity contribution in [2.45, 2.75) is 58.2 Å². The first kappa shape index (κ1) is 19.2. The minimum Gasteiger partial charge on any atom is -0.456 e. The summed E-state index contributed by atoms with van der Waals surface area (Å²) in [4.78, 5) is 0. The molecular formula is C27H27BO3. The minimum absolute atomic E-state index is 0.103. The van der Waals surface area contributed by atoms with Crippen molar-refractivity contribution < 1.29 is 13.7 Å². The fourth-order valence-electron chi connectivity index (χ4n) is 5.22. The third-order valence-corrected chi connectivity index (χ3v) is 7.71. The lowest BCUT2D eigenvalue weighted by molar-refractivity contribution is 0.00578. The second kappa shape index (κ2) is 5.82. The molecule has 1 fully saturated rings. The van der Waals surface area contributed by atoms with Gasteiger partial charge in [0.05, 0.1) is 11.2 Å². The maximum Gasteiger partial charge on any atom is 0.494 e. The van der Waals surface area contributed by atoms with Gasteiger partial charge in [-0.1, -0.05) is 56.3 Å². The van der Waals surface area contributed by atoms with Crippen LogP contribution in [-0.2, 0) is 14.7 Å². The molecule has 2 aliphatic rings. The van der Waals surface area contributed by atoms with Gasteiger partial charge in [-0.25, -0.2) is 0 Å². The molecule has 31 heavy (non-hydrogen) atoms. The zero-order valence-electron chi connectivity index (χ0n) is 19.0. The van der Waals surface area contributed by atoms with E-state index < -0.39 is 7.12 Å². The van der Waals surface area contributed by atoms with Crippen molar-refractivity contribution in [3.63, 3.8) is 0 Å². The Hall–Kier alpha value is -2.56. The number of furan rings is 1. The molecule has 156 valence electrons. The highest BCUT2D eigenvalue weighted by molar-refractivity contribution is 6.62. The van der Waals surface area contributed by atoms with E-state index in [4.69, 9.17) is 13.7 Å². The Morgan fingerprint density at radius 1 is 0.710 bits per heavy atom. The van der Waals surface area contributed by atoms with Gasteiger partial charge in [0.2, 0.25) is 0 Å². The van der Waals surface area contributed by atoms with Crippen molar-refractivity contribution in [2.24, 2.45) is 0 Å². The first-order valence-electron chi connectivity index (χ1n) is 11.1. The van der Waals surface area contributed by atoms with Crippen LogP contribution in [0.4, 0.5) is 0 Å². The molecule has 2 heterocycles. The van der Waals surface area contributed by atoms with Crippen LogP contribution in [0.5, 0.6) is 0 Å². The van der Waals surface area contributed by atoms with E-state index in [1.165, 1.54) is 22.3 Å². The van der Waals surface area contributed by atoms with Crippen molar-refractivity contribution in [3.8, 4) is 11.1 Å². The van der Waals surface area contributed by atoms with Gasteiger partial charge >= 0.3 is 7.12 Å². The molecule has 0 atom stereocenters. The SMILES string of the molecule is CC1(C)c2ccccc2-c2ccc3c(oc4cc(B5OC(C)(C)C(C)(C)O5)ccc43)c21. The monoisotopic (exact) mass is 410 g/mol. The summed E-state index contributed by atoms with van der Waals surface area (Å²) in [6.07, 6.45) is 0. The molecule has 6 rings (SSSR count). The molecule has 1 aliphatic heterocycles. The maximum atomic E-state index is 6.56. The second-order valence-corrected chi connectivity index (χ2v) is 10.5. The predicted molar refractivity (Wildman–Crippen MR) is 127 cm³/mol. The van der Waals surface area contributed by atoms with Gasteiger partial charge in [-0.15, -0.1) is 0 Å². The maximum absolute atomic E-state index is 6.56. The highest BCUT2D eigenvalue weighted by Gasteiger charge is 2.51. The Bertz CT molecular complexity index is 1360. The molecule has 0 spiro atoms. The van der Waals surface area contributed by atoms with Crippen LogP contribution in [0, 0.1) is 0 Å². The van der Waals surface area contributed by atoms with E-state index in [9.17, 15) is 0 Å². The molecule has 0 unspecified atom stereocenters. The van der Waals surface area contributed by atoms with Gasteiger partial charge in [-0.3, -0.25) is 0 Å². The van der Waals surface area contributed by atoms with E-state index in [2.05, 4.69) is 96.1 Å². The van der Waals surface area contributed by atoms with Crippen LogP contribution in [0.1, 0.15) is 52.7 Å². The molecule has 0 radical (unpaired) electrons. The summed E-state index contributed by atoms with van der Waals surface area (Å²) in [5.41, 5.74) is 7.24. The number of hydrogen-bond acceptors (Lipinski definition) is 3. The Labute approximate surface area is 183 Å². The van der Waals surface area contributed by atoms with Crippen molar-refractivity contribution in [3.05, 3.63) is 65.7 Å². The normalized spacial score (nSPS) is 20.4. The van der Waals surface area contributed by atoms with Crippen molar-refractivity contribution >= 4 is 34.5 Å². The molecule has 0 saturated carbocycles. The fourth-order valence-corrected chi connectivity index (χ4v) is 5.22. The van der Waals surface area contributed by atoms with Crippen LogP contribution in [0.3, 0.4) is 0 Å². The van der Waals surface area contributed by atoms with Gasteiger partial charge in [-0.2, -0.15) is 0 Å². The van der Waals surface area contributed by atoms with Gasteiger partial charge in [0.25, 0.3) is 0 Å². The predicted octanol–water partition coefficient (Wildman–Crippen LogP) is 6.19. The molecule has 1 aliphatic carbocycles. The van der Waals surface area contributed by atoms with Crippen LogP contribution in [0.2, 0.25) is 0 Å². The molecule has 3 nitrogen and oxygen atoms in total. The van der Waals surface area contributed by atoms with E-state index in [1.54, 1.807) is 0 Å². The van der Waals surface area contributed by atoms with Crippen molar-refractivity contribution in [1.82, 2.24) is 0 Å². The summed E-state index contributed by atoms with van der Waals surface area (Å²) in [7, 11) is -0.394. The largest absolute Gasteiger partial charge is 0.494 e. The van der Waals surface area contributed by atoms with Crippen LogP contribution in [0.25, 0.3) is 33.1 Å². The van der Waals surface area contributed by atoms with Gasteiger partial charge in [0.1, 0.15) is 11.2 Å². The molecular weight excluding hydrogens is 383 g/mol. The summed E-state index contributed by atoms with van der Waals surface area (Å²) in [6, 6.07) is 19.5. The van der Waals surface area contributed by atoms with E-state index in [0.29, 0.717) is 0 Å². The van der Waals surface area contributed by atoms with Gasteiger partial charge in [0.15, 0.2) is 0 Å². The molecule has 4 aromatic rings. The average molecular weight is 410 g/mol. The lowest BCUT2D eigenvalue weighted by atomic mass is 9.79. The lowest BCUT2D eigenvalue weighted by Crippen LogP contribution is -2.41. The third-order valence-electron chi connectivity index (χ3n) is 7.71. The van der Waals surface area contributed by atoms with E-state index in [0.717, 1.165) is 27.4 Å². The van der Waals surface area contributed by atoms with E-state index in [-0.39, 0.29) is 16.6 Å². The Morgan fingerprint density at radius 3 is 2.13 bits per heavy atom. The molecule has 3 aromatic carbocycles. The summed E-state index contributed by atoms with van der Waals surface area (Å²) >= 11 is 0. The summed E-state index contributed by atoms with van der Waals surface area (Å²) in [5.74, 6) is 0. The van der Waals surface area contributed by atoms with Gasteiger partial charge < -0.3 is 13.7 Å². The van der Waals surface area contributed by atoms with Crippen LogP contribution in [-0.4, -0.2) is 18.3 Å². The Morgan fingerprint density at radius 2 is 1.39 bits per heavy atom. The Balaban J connectivity index is 1.53. The number of fused-ring (bicyclic) bond motifs is 7. The zero-order valence-corrected chi connectivity index (χ0v) is 19.0. The highest BCUT2D eigenvalue weighted by Crippen LogP contribution is 2.52. The first-order valence-corrected chi connectivity index (χ1v) is 11.1. The Kier molecular flexibility index (Phi) is 3.59. The van der Waals surface area contributed by atoms with E-state index in [1.807, 2.05) is 0 Å². The second-order valence-electron chi connectivity index (χ2n) is 10.5. The summed E-state index contributed by atoms with van der Waals surface area (Å²) in [5, 5.41) is 2.29. The standard InChI is InChI=1S/C27H27BO3/c1-25(2)21-10-8-7-9-17(21)19-13-14-20-18-12-11-16(15-22(18)29-24(20)23(19)25)28-30-26(3,4)27(5,6)31-28/h7-15H,1-6H3. The number of benzene rings is 3. The quantitative estimate of drug-likeness (QED) is 0.351. The van der Waals surface area contributed by atoms with Gasteiger partial charge in [-0.05, 0) is 62.0 Å². The molecule has 4 heteroatoms. The first-order chi connectivity index (χ1) is 14.6. The lowest BCUT2D eigenvalue weighted by Gasteiger charge is -2.32. The minimum atomic E-state index is -0.394. The van der Waals surface area contributed by atoms with Crippen molar-refractivity contribution in [2.75, 3.05) is 0 Å². The molecule has 0 amide bonds. The van der Waals surface area contributed by atoms with Crippen LogP contribution < -0.4 is 5.46 Å². The molecule has 0 N–H and O–H groups in total. The van der Waals surface area contributed by atoms with E-state index >= 15 is 0 Å². The fraction of sp³-hybridized carbons (Fsp3) is 0.333. The van der Waals surface area contributed by atoms with Gasteiger partial charge in [0, 0.05) is 21.8 Å².